The van der Waals surface area contributed by atoms with Crippen LogP contribution in [0.3, 0.4) is 0 Å². The maximum atomic E-state index is 12.3. The van der Waals surface area contributed by atoms with Crippen molar-refractivity contribution >= 4 is 59.2 Å². The molecule has 5 saturated heterocycles. The maximum Gasteiger partial charge on any atom is 1.00 e. The molecule has 0 bridgehead atoms. The summed E-state index contributed by atoms with van der Waals surface area (Å²) in [4.78, 5) is 121. The van der Waals surface area contributed by atoms with Gasteiger partial charge in [-0.05, 0) is 0 Å². The molecule has 2 aromatic rings. The van der Waals surface area contributed by atoms with Crippen LogP contribution in [0.25, 0.3) is 0 Å². The Morgan fingerprint density at radius 1 is 0.509 bits per heavy atom. The van der Waals surface area contributed by atoms with Crippen molar-refractivity contribution < 1.29 is 316 Å². The molecule has 16 unspecified atom stereocenters. The molecule has 0 aliphatic carbocycles. The smallest absolute Gasteiger partial charge is 1.00 e. The van der Waals surface area contributed by atoms with Gasteiger partial charge >= 0.3 is 156 Å². The molecule has 612 valence electrons. The van der Waals surface area contributed by atoms with Crippen molar-refractivity contribution in [3.63, 3.8) is 0 Å². The van der Waals surface area contributed by atoms with Crippen LogP contribution in [0.5, 0.6) is 0 Å². The number of methoxy groups -OCH3 is 2. The predicted octanol–water partition coefficient (Wildman–Crippen LogP) is -27.3. The third kappa shape index (κ3) is 37.0. The number of phosphoric ester groups is 4. The first-order chi connectivity index (χ1) is 49.5. The average Bonchev–Trinajstić information content (AvgIpc) is 1.58. The van der Waals surface area contributed by atoms with E-state index in [2.05, 4.69) is 36.8 Å². The summed E-state index contributed by atoms with van der Waals surface area (Å²) >= 11 is 0. The summed E-state index contributed by atoms with van der Waals surface area (Å²) in [5, 5.41) is 147. The first-order valence-corrected chi connectivity index (χ1v) is 36.9. The molecular formula is C48H83BN7Na4O45P5. The van der Waals surface area contributed by atoms with Gasteiger partial charge in [-0.15, -0.1) is 0 Å². The van der Waals surface area contributed by atoms with E-state index in [9.17, 15) is 123 Å². The van der Waals surface area contributed by atoms with Gasteiger partial charge in [0.25, 0.3) is 42.4 Å². The SMILES string of the molecule is COCCOCCC(=O)NCC1O[C@H](OP(=O)([O-])OP(=O)([O-])OCC2OC(n3ccc(=O)[nH]c3=O)[C@H](O)[C@@H]2O)[C@@H](O)C(O)[C@H]1O.COCCOCCC(=O)O.NCC1OC(O)[C@@H](O)C(O)[C@H]1O.NCC1O[C@H](OP(=O)([O-])OP(=O)([O-])OCC2OC(n3ccc(=O)[nH]c3=O)[C@H](O)[C@@H]2O)[C@@H](O)C(O)[C@H]1O.O=BP.[Na+].[Na+].[Na+].[Na+]. The molecule has 5 aliphatic heterocycles. The summed E-state index contributed by atoms with van der Waals surface area (Å²) < 4.78 is 129. The van der Waals surface area contributed by atoms with Crippen molar-refractivity contribution in [1.82, 2.24) is 24.4 Å². The van der Waals surface area contributed by atoms with E-state index < -0.39 is 233 Å². The molecule has 5 aliphatic rings. The number of phosphoric acid groups is 4. The second-order valence-electron chi connectivity index (χ2n) is 22.0. The molecule has 7 heterocycles. The van der Waals surface area contributed by atoms with Crippen LogP contribution in [-0.2, 0) is 102 Å². The molecule has 0 spiro atoms. The van der Waals surface area contributed by atoms with E-state index in [-0.39, 0.29) is 157 Å². The molecule has 22 N–H and O–H groups in total. The molecule has 62 heteroatoms. The Labute approximate surface area is 712 Å². The summed E-state index contributed by atoms with van der Waals surface area (Å²) in [7, 11) is -18.6. The molecule has 0 aromatic carbocycles. The van der Waals surface area contributed by atoms with Crippen LogP contribution in [-0.4, -0.2) is 330 Å². The third-order valence-electron chi connectivity index (χ3n) is 14.4. The zero-order valence-electron chi connectivity index (χ0n) is 59.2. The number of hydrogen-bond donors (Lipinski definition) is 20. The van der Waals surface area contributed by atoms with Gasteiger partial charge in [-0.2, -0.15) is 0 Å². The number of carboxylic acid groups (broad SMARTS) is 1. The van der Waals surface area contributed by atoms with Crippen LogP contribution in [0.4, 0.5) is 0 Å². The minimum Gasteiger partial charge on any atom is 1.00 e. The summed E-state index contributed by atoms with van der Waals surface area (Å²) in [5.41, 5.74) is 6.91. The van der Waals surface area contributed by atoms with Gasteiger partial charge in [0.15, 0.2) is 31.3 Å². The number of carbonyl (C=O) groups excluding carboxylic acids is 1. The number of nitrogens with zero attached hydrogens (tertiary/aromatic N) is 2. The van der Waals surface area contributed by atoms with Crippen molar-refractivity contribution in [2.45, 2.75) is 154 Å². The molecule has 2 aromatic heterocycles. The number of carbonyl (C=O) groups is 2. The number of nitrogens with two attached hydrogens (primary N) is 2. The number of aliphatic hydroxyl groups is 14. The van der Waals surface area contributed by atoms with Crippen molar-refractivity contribution in [1.29, 1.82) is 0 Å². The van der Waals surface area contributed by atoms with Crippen molar-refractivity contribution in [3.05, 3.63) is 66.2 Å². The number of hydrogen-bond acceptors (Lipinski definition) is 46. The quantitative estimate of drug-likeness (QED) is 0.0184. The second kappa shape index (κ2) is 54.4. The fraction of sp³-hybridized carbons (Fsp3) is 0.792. The number of rotatable bonds is 32. The Morgan fingerprint density at radius 2 is 0.855 bits per heavy atom. The largest absolute Gasteiger partial charge is 1.00 e. The monoisotopic (exact) mass is 1740 g/mol. The zero-order valence-corrected chi connectivity index (χ0v) is 72.0. The number of amides is 1. The summed E-state index contributed by atoms with van der Waals surface area (Å²) in [6.45, 7) is -0.738. The Balaban J connectivity index is 0. The van der Waals surface area contributed by atoms with Gasteiger partial charge in [0, 0.05) is 64.8 Å². The van der Waals surface area contributed by atoms with Gasteiger partial charge in [-0.1, -0.05) is 0 Å². The second-order valence-corrected chi connectivity index (χ2v) is 28.1. The molecule has 0 saturated carbocycles. The molecule has 28 atom stereocenters. The normalized spacial score (nSPS) is 32.4. The first kappa shape index (κ1) is 112. The van der Waals surface area contributed by atoms with Crippen LogP contribution in [0, 0.1) is 0 Å². The van der Waals surface area contributed by atoms with E-state index in [1.54, 1.807) is 7.11 Å². The van der Waals surface area contributed by atoms with E-state index in [1.807, 2.05) is 19.1 Å². The molecule has 110 heavy (non-hydrogen) atoms. The predicted molar refractivity (Wildman–Crippen MR) is 333 cm³/mol. The standard InChI is InChI=1S/C21H35N3O19P2.C15H25N3O16P2.C6H13NO5.C6H12O4.BH2OP.4Na/c1-37-6-7-38-5-3-12(25)22-8-10-14(27)16(29)18(31)20(41-10)42-45(35,36)43-44(33,34)39-9-11-15(28)17(30)19(40-11)24-4-2-13(26)23-21(24)32;16-3-5-8(20)10(22)12(24)14(32-5)33-36(28,29)34-35(26,27)30-4-6-9(21)11(23)13(31-6)18-2-1-7(19)17-15(18)25;7-1-2-3(8)4(9)5(10)6(11)12-2;1-9-4-5-10-3-2-6(7)8;2-1-3;;;;/h2,4,10-11,14-20,27-31H,3,5-9H2,1H3,(H,22,25)(H,33,34)(H,35,36)(H,23,26,32);1-2,5-6,8-14,20-24H,3-4,16H2,(H,26,27)(H,28,29)(H,17,19,25);2-6,8-11H,1,7H2;2-5H2,1H3,(H,7,8);3H2;;;;/q;;;;;4*+1/p-4/t10?,11?,14-,15+,16?,17+,18-,19?,20+;5?,6?,8-,9+,10?,11+,12-,13?,14+;2?,3-,4?,5-,6?;;;;;;/m000....../s1. The Bertz CT molecular complexity index is 3480. The topological polar surface area (TPSA) is 827 Å². The van der Waals surface area contributed by atoms with E-state index >= 15 is 0 Å². The summed E-state index contributed by atoms with van der Waals surface area (Å²) in [5.74, 6) is -1.41. The van der Waals surface area contributed by atoms with E-state index in [4.69, 9.17) is 74.5 Å². The number of aromatic amines is 2. The molecule has 5 fully saturated rings. The van der Waals surface area contributed by atoms with Gasteiger partial charge in [0.05, 0.1) is 59.3 Å². The number of aliphatic carboxylic acids is 1. The van der Waals surface area contributed by atoms with E-state index in [1.165, 1.54) is 7.11 Å². The van der Waals surface area contributed by atoms with Crippen LogP contribution in [0.2, 0.25) is 0 Å². The Kier molecular flexibility index (Phi) is 55.5. The van der Waals surface area contributed by atoms with Gasteiger partial charge in [-0.3, -0.25) is 65.6 Å². The average molecular weight is 1740 g/mol. The maximum absolute atomic E-state index is 12.3. The molecule has 7 rings (SSSR count). The van der Waals surface area contributed by atoms with E-state index in [0.717, 1.165) is 24.5 Å². The molecular weight excluding hydrogens is 1650 g/mol. The van der Waals surface area contributed by atoms with Crippen molar-refractivity contribution in [2.24, 2.45) is 11.5 Å². The number of H-pyrrole nitrogens is 2. The van der Waals surface area contributed by atoms with Crippen LogP contribution < -0.4 is 177 Å². The first-order valence-electron chi connectivity index (χ1n) is 30.4. The van der Waals surface area contributed by atoms with Gasteiger partial charge < -0.3 is 165 Å². The van der Waals surface area contributed by atoms with Gasteiger partial charge in [0.1, 0.15) is 110 Å². The number of nitrogens with one attached hydrogen (secondary N) is 3. The fourth-order valence-corrected chi connectivity index (χ4v) is 13.1. The van der Waals surface area contributed by atoms with E-state index in [0.29, 0.717) is 35.8 Å². The minimum atomic E-state index is -5.99. The number of ether oxygens (including phenoxy) is 9. The van der Waals surface area contributed by atoms with Crippen LogP contribution >= 0.6 is 40.4 Å². The van der Waals surface area contributed by atoms with Gasteiger partial charge in [-0.25, -0.2) is 18.2 Å². The Hall–Kier alpha value is 0.115. The number of carboxylic acids is 1. The van der Waals surface area contributed by atoms with Crippen LogP contribution in [0.15, 0.2) is 43.7 Å². The zero-order chi connectivity index (χ0) is 80.4. The fourth-order valence-electron chi connectivity index (χ4n) is 8.98. The van der Waals surface area contributed by atoms with Crippen molar-refractivity contribution in [3.8, 4) is 0 Å². The third-order valence-corrected chi connectivity index (χ3v) is 19.4. The summed E-state index contributed by atoms with van der Waals surface area (Å²) in [6, 6.07) is 1.83. The van der Waals surface area contributed by atoms with Crippen molar-refractivity contribution in [2.75, 3.05) is 86.7 Å². The van der Waals surface area contributed by atoms with Crippen LogP contribution in [0.1, 0.15) is 25.3 Å². The Morgan fingerprint density at radius 3 is 1.22 bits per heavy atom. The molecule has 52 nitrogen and oxygen atoms in total. The van der Waals surface area contributed by atoms with Gasteiger partial charge in [0.2, 0.25) is 5.91 Å². The molecule has 0 radical (unpaired) electrons. The minimum absolute atomic E-state index is 0. The number of aromatic nitrogens is 4. The number of aliphatic hydroxyl groups excluding tert-OH is 14. The molecule has 1 amide bonds. The summed E-state index contributed by atoms with van der Waals surface area (Å²) in [6.07, 6.45) is -37.8.